The van der Waals surface area contributed by atoms with Crippen LogP contribution in [0.25, 0.3) is 0 Å². The first-order valence-corrected chi connectivity index (χ1v) is 6.07. The van der Waals surface area contributed by atoms with E-state index in [1.165, 1.54) is 45.4 Å². The summed E-state index contributed by atoms with van der Waals surface area (Å²) in [7, 11) is 2.24. The zero-order valence-corrected chi connectivity index (χ0v) is 10.1. The van der Waals surface area contributed by atoms with Crippen molar-refractivity contribution in [1.29, 1.82) is 0 Å². The summed E-state index contributed by atoms with van der Waals surface area (Å²) in [5, 5.41) is 3.53. The van der Waals surface area contributed by atoms with Crippen molar-refractivity contribution in [3.05, 3.63) is 0 Å². The molecule has 1 N–H and O–H groups in total. The molecule has 0 aromatic rings. The molecule has 0 spiro atoms. The Labute approximate surface area is 89.1 Å². The largest absolute Gasteiger partial charge is 0.316 e. The van der Waals surface area contributed by atoms with Crippen LogP contribution in [0.5, 0.6) is 0 Å². The SMILES string of the molecule is CC(C)CNCCC1CCCN(C)C1. The highest BCUT2D eigenvalue weighted by Gasteiger charge is 2.16. The Kier molecular flexibility index (Phi) is 5.49. The third kappa shape index (κ3) is 4.97. The van der Waals surface area contributed by atoms with Crippen LogP contribution in [0.15, 0.2) is 0 Å². The van der Waals surface area contributed by atoms with Gasteiger partial charge in [0.15, 0.2) is 0 Å². The average molecular weight is 198 g/mol. The molecular weight excluding hydrogens is 172 g/mol. The first-order chi connectivity index (χ1) is 6.68. The van der Waals surface area contributed by atoms with Crippen molar-refractivity contribution in [1.82, 2.24) is 10.2 Å². The van der Waals surface area contributed by atoms with Crippen molar-refractivity contribution < 1.29 is 0 Å². The van der Waals surface area contributed by atoms with Crippen LogP contribution >= 0.6 is 0 Å². The van der Waals surface area contributed by atoms with Gasteiger partial charge in [-0.2, -0.15) is 0 Å². The van der Waals surface area contributed by atoms with E-state index in [-0.39, 0.29) is 0 Å². The van der Waals surface area contributed by atoms with E-state index in [0.717, 1.165) is 11.8 Å². The fourth-order valence-corrected chi connectivity index (χ4v) is 2.21. The van der Waals surface area contributed by atoms with E-state index < -0.39 is 0 Å². The molecule has 1 atom stereocenters. The zero-order valence-electron chi connectivity index (χ0n) is 10.1. The molecule has 0 bridgehead atoms. The summed E-state index contributed by atoms with van der Waals surface area (Å²) >= 11 is 0. The van der Waals surface area contributed by atoms with Gasteiger partial charge in [0.25, 0.3) is 0 Å². The minimum absolute atomic E-state index is 0.782. The molecule has 1 rings (SSSR count). The van der Waals surface area contributed by atoms with Gasteiger partial charge in [0, 0.05) is 6.54 Å². The lowest BCUT2D eigenvalue weighted by Gasteiger charge is -2.29. The van der Waals surface area contributed by atoms with Crippen molar-refractivity contribution in [3.63, 3.8) is 0 Å². The van der Waals surface area contributed by atoms with Gasteiger partial charge in [0.2, 0.25) is 0 Å². The summed E-state index contributed by atoms with van der Waals surface area (Å²) in [6.45, 7) is 9.52. The third-order valence-corrected chi connectivity index (χ3v) is 3.00. The lowest BCUT2D eigenvalue weighted by atomic mass is 9.95. The molecule has 1 heterocycles. The highest BCUT2D eigenvalue weighted by atomic mass is 15.1. The van der Waals surface area contributed by atoms with E-state index in [1.54, 1.807) is 0 Å². The van der Waals surface area contributed by atoms with Crippen LogP contribution in [-0.4, -0.2) is 38.1 Å². The minimum atomic E-state index is 0.782. The maximum absolute atomic E-state index is 3.53. The van der Waals surface area contributed by atoms with Crippen LogP contribution in [0, 0.1) is 11.8 Å². The molecule has 0 aromatic heterocycles. The molecular formula is C12H26N2. The molecule has 0 aromatic carbocycles. The Morgan fingerprint density at radius 3 is 2.86 bits per heavy atom. The molecule has 0 saturated carbocycles. The third-order valence-electron chi connectivity index (χ3n) is 3.00. The second-order valence-electron chi connectivity index (χ2n) is 5.16. The van der Waals surface area contributed by atoms with Crippen LogP contribution in [0.1, 0.15) is 33.1 Å². The maximum Gasteiger partial charge on any atom is 0.000709 e. The smallest absolute Gasteiger partial charge is 0.000709 e. The molecule has 1 aliphatic heterocycles. The lowest BCUT2D eigenvalue weighted by Crippen LogP contribution is -2.34. The van der Waals surface area contributed by atoms with Gasteiger partial charge in [-0.15, -0.1) is 0 Å². The minimum Gasteiger partial charge on any atom is -0.316 e. The number of nitrogens with one attached hydrogen (secondary N) is 1. The molecule has 1 saturated heterocycles. The zero-order chi connectivity index (χ0) is 10.4. The van der Waals surface area contributed by atoms with Crippen LogP contribution < -0.4 is 5.32 Å². The first kappa shape index (κ1) is 12.0. The first-order valence-electron chi connectivity index (χ1n) is 6.07. The monoisotopic (exact) mass is 198 g/mol. The summed E-state index contributed by atoms with van der Waals surface area (Å²) in [4.78, 5) is 2.47. The fraction of sp³-hybridized carbons (Fsp3) is 1.00. The highest BCUT2D eigenvalue weighted by Crippen LogP contribution is 2.17. The molecule has 2 nitrogen and oxygen atoms in total. The number of hydrogen-bond acceptors (Lipinski definition) is 2. The van der Waals surface area contributed by atoms with Crippen molar-refractivity contribution in [3.8, 4) is 0 Å². The summed E-state index contributed by atoms with van der Waals surface area (Å²) in [6.07, 6.45) is 4.19. The number of rotatable bonds is 5. The Hall–Kier alpha value is -0.0800. The van der Waals surface area contributed by atoms with Crippen LogP contribution in [0.2, 0.25) is 0 Å². The number of nitrogens with zero attached hydrogens (tertiary/aromatic N) is 1. The summed E-state index contributed by atoms with van der Waals surface area (Å²) < 4.78 is 0. The molecule has 2 heteroatoms. The second-order valence-corrected chi connectivity index (χ2v) is 5.16. The van der Waals surface area contributed by atoms with Gasteiger partial charge in [-0.05, 0) is 57.8 Å². The Morgan fingerprint density at radius 2 is 2.21 bits per heavy atom. The summed E-state index contributed by atoms with van der Waals surface area (Å²) in [5.74, 6) is 1.72. The van der Waals surface area contributed by atoms with E-state index in [0.29, 0.717) is 0 Å². The van der Waals surface area contributed by atoms with E-state index in [2.05, 4.69) is 31.1 Å². The molecule has 1 unspecified atom stereocenters. The van der Waals surface area contributed by atoms with Crippen molar-refractivity contribution in [2.24, 2.45) is 11.8 Å². The van der Waals surface area contributed by atoms with E-state index in [9.17, 15) is 0 Å². The van der Waals surface area contributed by atoms with E-state index in [4.69, 9.17) is 0 Å². The van der Waals surface area contributed by atoms with Crippen LogP contribution in [0.4, 0.5) is 0 Å². The quantitative estimate of drug-likeness (QED) is 0.679. The number of hydrogen-bond donors (Lipinski definition) is 1. The predicted octanol–water partition coefficient (Wildman–Crippen LogP) is 1.96. The molecule has 0 radical (unpaired) electrons. The van der Waals surface area contributed by atoms with Gasteiger partial charge in [-0.1, -0.05) is 13.8 Å². The number of likely N-dealkylation sites (tertiary alicyclic amines) is 1. The topological polar surface area (TPSA) is 15.3 Å². The molecule has 14 heavy (non-hydrogen) atoms. The van der Waals surface area contributed by atoms with Crippen molar-refractivity contribution >= 4 is 0 Å². The maximum atomic E-state index is 3.53. The Morgan fingerprint density at radius 1 is 1.43 bits per heavy atom. The Bertz CT molecular complexity index is 145. The second kappa shape index (κ2) is 6.41. The van der Waals surface area contributed by atoms with E-state index >= 15 is 0 Å². The van der Waals surface area contributed by atoms with Gasteiger partial charge in [0.1, 0.15) is 0 Å². The summed E-state index contributed by atoms with van der Waals surface area (Å²) in [6, 6.07) is 0. The molecule has 84 valence electrons. The van der Waals surface area contributed by atoms with Crippen molar-refractivity contribution in [2.75, 3.05) is 33.2 Å². The molecule has 1 aliphatic rings. The normalized spacial score (nSPS) is 24.4. The van der Waals surface area contributed by atoms with Crippen LogP contribution in [0.3, 0.4) is 0 Å². The molecule has 1 fully saturated rings. The average Bonchev–Trinajstić information content (AvgIpc) is 2.12. The van der Waals surface area contributed by atoms with Crippen LogP contribution in [-0.2, 0) is 0 Å². The van der Waals surface area contributed by atoms with Gasteiger partial charge < -0.3 is 10.2 Å². The molecule has 0 amide bonds. The van der Waals surface area contributed by atoms with Gasteiger partial charge >= 0.3 is 0 Å². The van der Waals surface area contributed by atoms with Gasteiger partial charge in [-0.25, -0.2) is 0 Å². The predicted molar refractivity (Wildman–Crippen MR) is 62.5 cm³/mol. The molecule has 0 aliphatic carbocycles. The fourth-order valence-electron chi connectivity index (χ4n) is 2.21. The standard InChI is InChI=1S/C12H26N2/c1-11(2)9-13-7-6-12-5-4-8-14(3)10-12/h11-13H,4-10H2,1-3H3. The van der Waals surface area contributed by atoms with Gasteiger partial charge in [0.05, 0.1) is 0 Å². The lowest BCUT2D eigenvalue weighted by molar-refractivity contribution is 0.201. The summed E-state index contributed by atoms with van der Waals surface area (Å²) in [5.41, 5.74) is 0. The highest BCUT2D eigenvalue weighted by molar-refractivity contribution is 4.71. The number of piperidine rings is 1. The van der Waals surface area contributed by atoms with Crippen molar-refractivity contribution in [2.45, 2.75) is 33.1 Å². The Balaban J connectivity index is 2.00. The van der Waals surface area contributed by atoms with Gasteiger partial charge in [-0.3, -0.25) is 0 Å². The van der Waals surface area contributed by atoms with E-state index in [1.807, 2.05) is 0 Å².